The van der Waals surface area contributed by atoms with Gasteiger partial charge in [-0.3, -0.25) is 14.9 Å². The van der Waals surface area contributed by atoms with Crippen molar-refractivity contribution in [1.29, 1.82) is 0 Å². The molecule has 0 saturated heterocycles. The van der Waals surface area contributed by atoms with Crippen LogP contribution in [0.15, 0.2) is 36.4 Å². The Bertz CT molecular complexity index is 820. The van der Waals surface area contributed by atoms with E-state index in [1.807, 2.05) is 0 Å². The second kappa shape index (κ2) is 10.9. The first-order chi connectivity index (χ1) is 13.4. The van der Waals surface area contributed by atoms with Gasteiger partial charge in [0.05, 0.1) is 21.6 Å². The van der Waals surface area contributed by atoms with Crippen LogP contribution in [-0.2, 0) is 0 Å². The third kappa shape index (κ3) is 6.11. The van der Waals surface area contributed by atoms with E-state index in [0.29, 0.717) is 12.4 Å². The van der Waals surface area contributed by atoms with Gasteiger partial charge in [0.1, 0.15) is 5.69 Å². The zero-order valence-electron chi connectivity index (χ0n) is 15.5. The molecule has 0 aliphatic rings. The van der Waals surface area contributed by atoms with E-state index in [1.165, 1.54) is 43.2 Å². The molecule has 0 fully saturated rings. The highest BCUT2D eigenvalue weighted by molar-refractivity contribution is 6.37. The van der Waals surface area contributed by atoms with Gasteiger partial charge in [-0.05, 0) is 24.6 Å². The lowest BCUT2D eigenvalue weighted by Gasteiger charge is -2.12. The molecule has 0 bridgehead atoms. The van der Waals surface area contributed by atoms with Crippen molar-refractivity contribution in [2.45, 2.75) is 39.0 Å². The van der Waals surface area contributed by atoms with Crippen molar-refractivity contribution >= 4 is 40.5 Å². The van der Waals surface area contributed by atoms with Crippen LogP contribution in [0.3, 0.4) is 0 Å². The predicted molar refractivity (Wildman–Crippen MR) is 112 cm³/mol. The summed E-state index contributed by atoms with van der Waals surface area (Å²) in [7, 11) is 0. The summed E-state index contributed by atoms with van der Waals surface area (Å²) in [5.41, 5.74) is 0.0802. The number of nitro groups is 1. The molecule has 0 atom stereocenters. The number of hydrogen-bond acceptors (Lipinski definition) is 4. The van der Waals surface area contributed by atoms with Crippen LogP contribution in [0.5, 0.6) is 5.75 Å². The summed E-state index contributed by atoms with van der Waals surface area (Å²) in [6, 6.07) is 8.76. The van der Waals surface area contributed by atoms with Crippen molar-refractivity contribution in [3.05, 3.63) is 62.1 Å². The van der Waals surface area contributed by atoms with E-state index >= 15 is 0 Å². The molecule has 2 aromatic rings. The van der Waals surface area contributed by atoms with Crippen LogP contribution in [0.2, 0.25) is 10.0 Å². The number of carbonyl (C=O) groups excluding carboxylic acids is 1. The lowest BCUT2D eigenvalue weighted by atomic mass is 10.1. The van der Waals surface area contributed by atoms with Gasteiger partial charge in [0, 0.05) is 11.6 Å². The van der Waals surface area contributed by atoms with Crippen molar-refractivity contribution in [2.24, 2.45) is 0 Å². The lowest BCUT2D eigenvalue weighted by molar-refractivity contribution is -0.383. The Morgan fingerprint density at radius 1 is 1.11 bits per heavy atom. The molecule has 0 aromatic heterocycles. The maximum atomic E-state index is 12.5. The Hall–Kier alpha value is -2.31. The van der Waals surface area contributed by atoms with E-state index in [9.17, 15) is 14.9 Å². The Balaban J connectivity index is 2.05. The van der Waals surface area contributed by atoms with Gasteiger partial charge in [-0.1, -0.05) is 67.9 Å². The first-order valence-electron chi connectivity index (χ1n) is 9.10. The van der Waals surface area contributed by atoms with Crippen molar-refractivity contribution in [2.75, 3.05) is 11.9 Å². The van der Waals surface area contributed by atoms with Gasteiger partial charge in [0.25, 0.3) is 11.6 Å². The van der Waals surface area contributed by atoms with Gasteiger partial charge in [-0.15, -0.1) is 0 Å². The van der Waals surface area contributed by atoms with Gasteiger partial charge in [0.2, 0.25) is 0 Å². The summed E-state index contributed by atoms with van der Waals surface area (Å²) < 4.78 is 5.67. The van der Waals surface area contributed by atoms with Crippen LogP contribution in [-0.4, -0.2) is 17.4 Å². The number of benzene rings is 2. The van der Waals surface area contributed by atoms with Crippen LogP contribution >= 0.6 is 23.2 Å². The molecular weight excluding hydrogens is 403 g/mol. The number of nitrogens with zero attached hydrogens (tertiary/aromatic N) is 1. The molecule has 0 aliphatic carbocycles. The van der Waals surface area contributed by atoms with Gasteiger partial charge in [-0.25, -0.2) is 0 Å². The highest BCUT2D eigenvalue weighted by atomic mass is 35.5. The summed E-state index contributed by atoms with van der Waals surface area (Å²) in [5, 5.41) is 14.0. The van der Waals surface area contributed by atoms with E-state index in [2.05, 4.69) is 12.2 Å². The molecule has 0 heterocycles. The number of ether oxygens (including phenoxy) is 1. The van der Waals surface area contributed by atoms with Crippen molar-refractivity contribution in [1.82, 2.24) is 0 Å². The molecule has 28 heavy (non-hydrogen) atoms. The summed E-state index contributed by atoms with van der Waals surface area (Å²) in [6.07, 6.45) is 5.50. The zero-order chi connectivity index (χ0) is 20.5. The number of amides is 1. The maximum Gasteiger partial charge on any atom is 0.292 e. The number of unbranched alkanes of at least 4 members (excludes halogenated alkanes) is 4. The van der Waals surface area contributed by atoms with Crippen LogP contribution in [0.25, 0.3) is 0 Å². The summed E-state index contributed by atoms with van der Waals surface area (Å²) in [4.78, 5) is 23.0. The lowest BCUT2D eigenvalue weighted by Crippen LogP contribution is -2.13. The topological polar surface area (TPSA) is 81.5 Å². The molecular formula is C20H22Cl2N2O4. The van der Waals surface area contributed by atoms with E-state index in [1.54, 1.807) is 6.07 Å². The third-order valence-electron chi connectivity index (χ3n) is 4.10. The van der Waals surface area contributed by atoms with Gasteiger partial charge < -0.3 is 10.1 Å². The molecule has 2 aromatic carbocycles. The minimum atomic E-state index is -0.562. The molecule has 6 nitrogen and oxygen atoms in total. The normalized spacial score (nSPS) is 10.5. The highest BCUT2D eigenvalue weighted by Gasteiger charge is 2.18. The Labute approximate surface area is 173 Å². The van der Waals surface area contributed by atoms with Crippen LogP contribution < -0.4 is 10.1 Å². The summed E-state index contributed by atoms with van der Waals surface area (Å²) >= 11 is 12.5. The van der Waals surface area contributed by atoms with E-state index in [0.717, 1.165) is 19.3 Å². The number of carbonyl (C=O) groups is 1. The SMILES string of the molecule is CCCCCCCOc1c(Cl)cc(C(=O)Nc2ccccc2[N+](=O)[O-])cc1Cl. The molecule has 150 valence electrons. The average molecular weight is 425 g/mol. The highest BCUT2D eigenvalue weighted by Crippen LogP contribution is 2.35. The summed E-state index contributed by atoms with van der Waals surface area (Å²) in [5.74, 6) is -0.217. The number of anilines is 1. The molecule has 1 N–H and O–H groups in total. The maximum absolute atomic E-state index is 12.5. The van der Waals surface area contributed by atoms with Crippen LogP contribution in [0.4, 0.5) is 11.4 Å². The average Bonchev–Trinajstić information content (AvgIpc) is 2.66. The quantitative estimate of drug-likeness (QED) is 0.268. The molecule has 8 heteroatoms. The van der Waals surface area contributed by atoms with Crippen LogP contribution in [0, 0.1) is 10.1 Å². The predicted octanol–water partition coefficient (Wildman–Crippen LogP) is 6.50. The fraction of sp³-hybridized carbons (Fsp3) is 0.350. The minimum Gasteiger partial charge on any atom is -0.490 e. The second-order valence-corrected chi connectivity index (χ2v) is 7.07. The zero-order valence-corrected chi connectivity index (χ0v) is 17.1. The molecule has 0 aliphatic heterocycles. The van der Waals surface area contributed by atoms with E-state index in [4.69, 9.17) is 27.9 Å². The number of para-hydroxylation sites is 2. The fourth-order valence-corrected chi connectivity index (χ4v) is 3.24. The molecule has 0 unspecified atom stereocenters. The molecule has 1 amide bonds. The van der Waals surface area contributed by atoms with Gasteiger partial charge in [0.15, 0.2) is 5.75 Å². The van der Waals surface area contributed by atoms with Crippen molar-refractivity contribution in [3.8, 4) is 5.75 Å². The number of rotatable bonds is 10. The van der Waals surface area contributed by atoms with E-state index in [-0.39, 0.29) is 27.0 Å². The smallest absolute Gasteiger partial charge is 0.292 e. The largest absolute Gasteiger partial charge is 0.490 e. The van der Waals surface area contributed by atoms with Crippen molar-refractivity contribution in [3.63, 3.8) is 0 Å². The minimum absolute atomic E-state index is 0.0946. The standard InChI is InChI=1S/C20H22Cl2N2O4/c1-2-3-4-5-8-11-28-19-15(21)12-14(13-16(19)22)20(25)23-17-9-6-7-10-18(17)24(26)27/h6-7,9-10,12-13H,2-5,8,11H2,1H3,(H,23,25). The number of nitrogens with one attached hydrogen (secondary N) is 1. The first-order valence-corrected chi connectivity index (χ1v) is 9.86. The Morgan fingerprint density at radius 3 is 2.39 bits per heavy atom. The van der Waals surface area contributed by atoms with Gasteiger partial charge in [-0.2, -0.15) is 0 Å². The molecule has 0 radical (unpaired) electrons. The number of hydrogen-bond donors (Lipinski definition) is 1. The van der Waals surface area contributed by atoms with Crippen LogP contribution in [0.1, 0.15) is 49.4 Å². The van der Waals surface area contributed by atoms with E-state index < -0.39 is 10.8 Å². The van der Waals surface area contributed by atoms with Crippen molar-refractivity contribution < 1.29 is 14.5 Å². The second-order valence-electron chi connectivity index (χ2n) is 6.26. The molecule has 2 rings (SSSR count). The summed E-state index contributed by atoms with van der Waals surface area (Å²) in [6.45, 7) is 2.65. The molecule has 0 saturated carbocycles. The molecule has 0 spiro atoms. The first kappa shape index (κ1) is 22.0. The Morgan fingerprint density at radius 2 is 1.75 bits per heavy atom. The fourth-order valence-electron chi connectivity index (χ4n) is 2.64. The number of halogens is 2. The Kier molecular flexibility index (Phi) is 8.54. The monoisotopic (exact) mass is 424 g/mol. The van der Waals surface area contributed by atoms with Gasteiger partial charge >= 0.3 is 0 Å². The number of nitro benzene ring substituents is 1. The third-order valence-corrected chi connectivity index (χ3v) is 4.67.